The standard InChI is InChI=1S/C23H21Cl2FN2O4/c1-15(29)17-3-6-21(20(26)12-17)27-8-10-28(11-9-27)22(30)14-32-23(31)7-4-16-2-5-18(24)13-19(16)25/h2-7,12-13H,8-11,14H2,1H3/b7-4+. The van der Waals surface area contributed by atoms with E-state index in [-0.39, 0.29) is 18.3 Å². The van der Waals surface area contributed by atoms with Gasteiger partial charge in [-0.15, -0.1) is 0 Å². The predicted molar refractivity (Wildman–Crippen MR) is 122 cm³/mol. The third-order valence-electron chi connectivity index (χ3n) is 5.03. The Labute approximate surface area is 195 Å². The van der Waals surface area contributed by atoms with Crippen molar-refractivity contribution >= 4 is 52.6 Å². The number of hydrogen-bond donors (Lipinski definition) is 0. The summed E-state index contributed by atoms with van der Waals surface area (Å²) in [4.78, 5) is 39.0. The van der Waals surface area contributed by atoms with E-state index < -0.39 is 11.8 Å². The molecule has 168 valence electrons. The quantitative estimate of drug-likeness (QED) is 0.352. The molecule has 1 heterocycles. The van der Waals surface area contributed by atoms with Gasteiger partial charge in [0.15, 0.2) is 12.4 Å². The van der Waals surface area contributed by atoms with Gasteiger partial charge in [-0.1, -0.05) is 29.3 Å². The Morgan fingerprint density at radius 1 is 1.06 bits per heavy atom. The number of nitrogens with zero attached hydrogens (tertiary/aromatic N) is 2. The van der Waals surface area contributed by atoms with Gasteiger partial charge in [-0.25, -0.2) is 9.18 Å². The minimum atomic E-state index is -0.671. The molecule has 9 heteroatoms. The summed E-state index contributed by atoms with van der Waals surface area (Å²) in [5, 5.41) is 0.874. The molecule has 0 aliphatic carbocycles. The molecule has 3 rings (SSSR count). The van der Waals surface area contributed by atoms with Crippen molar-refractivity contribution in [2.75, 3.05) is 37.7 Å². The van der Waals surface area contributed by atoms with Gasteiger partial charge in [-0.3, -0.25) is 9.59 Å². The molecular formula is C23H21Cl2FN2O4. The highest BCUT2D eigenvalue weighted by Gasteiger charge is 2.23. The average Bonchev–Trinajstić information content (AvgIpc) is 2.77. The first-order valence-electron chi connectivity index (χ1n) is 9.87. The molecule has 1 aliphatic rings. The SMILES string of the molecule is CC(=O)c1ccc(N2CCN(C(=O)COC(=O)/C=C/c3ccc(Cl)cc3Cl)CC2)c(F)c1. The average molecular weight is 479 g/mol. The molecule has 0 unspecified atom stereocenters. The number of amides is 1. The maximum atomic E-state index is 14.3. The summed E-state index contributed by atoms with van der Waals surface area (Å²) >= 11 is 11.9. The number of ether oxygens (including phenoxy) is 1. The van der Waals surface area contributed by atoms with Crippen molar-refractivity contribution in [3.05, 3.63) is 69.5 Å². The first kappa shape index (κ1) is 23.8. The lowest BCUT2D eigenvalue weighted by Gasteiger charge is -2.36. The number of rotatable bonds is 6. The Bertz CT molecular complexity index is 1070. The van der Waals surface area contributed by atoms with Crippen LogP contribution in [0.5, 0.6) is 0 Å². The first-order chi connectivity index (χ1) is 15.2. The van der Waals surface area contributed by atoms with Gasteiger partial charge in [0.05, 0.1) is 5.69 Å². The summed E-state index contributed by atoms with van der Waals surface area (Å²) in [6.07, 6.45) is 2.67. The van der Waals surface area contributed by atoms with Crippen LogP contribution >= 0.6 is 23.2 Å². The highest BCUT2D eigenvalue weighted by atomic mass is 35.5. The fraction of sp³-hybridized carbons (Fsp3) is 0.261. The van der Waals surface area contributed by atoms with E-state index >= 15 is 0 Å². The van der Waals surface area contributed by atoms with Gasteiger partial charge in [0.1, 0.15) is 5.82 Å². The second-order valence-corrected chi connectivity index (χ2v) is 8.04. The third-order valence-corrected chi connectivity index (χ3v) is 5.59. The van der Waals surface area contributed by atoms with Gasteiger partial charge < -0.3 is 14.5 Å². The lowest BCUT2D eigenvalue weighted by atomic mass is 10.1. The van der Waals surface area contributed by atoms with E-state index in [0.717, 1.165) is 0 Å². The summed E-state index contributed by atoms with van der Waals surface area (Å²) in [5.74, 6) is -1.68. The summed E-state index contributed by atoms with van der Waals surface area (Å²) in [5.41, 5.74) is 1.30. The highest BCUT2D eigenvalue weighted by molar-refractivity contribution is 6.35. The van der Waals surface area contributed by atoms with Crippen LogP contribution in [0.2, 0.25) is 10.0 Å². The smallest absolute Gasteiger partial charge is 0.331 e. The van der Waals surface area contributed by atoms with Crippen LogP contribution in [0.15, 0.2) is 42.5 Å². The number of ketones is 1. The van der Waals surface area contributed by atoms with Crippen LogP contribution in [0.1, 0.15) is 22.8 Å². The lowest BCUT2D eigenvalue weighted by molar-refractivity contribution is -0.148. The monoisotopic (exact) mass is 478 g/mol. The Morgan fingerprint density at radius 3 is 2.41 bits per heavy atom. The first-order valence-corrected chi connectivity index (χ1v) is 10.6. The van der Waals surface area contributed by atoms with Crippen molar-refractivity contribution in [2.45, 2.75) is 6.92 Å². The molecular weight excluding hydrogens is 458 g/mol. The van der Waals surface area contributed by atoms with E-state index in [2.05, 4.69) is 0 Å². The number of piperazine rings is 1. The number of hydrogen-bond acceptors (Lipinski definition) is 5. The van der Waals surface area contributed by atoms with Crippen molar-refractivity contribution in [3.63, 3.8) is 0 Å². The van der Waals surface area contributed by atoms with Crippen molar-refractivity contribution < 1.29 is 23.5 Å². The second-order valence-electron chi connectivity index (χ2n) is 7.20. The number of halogens is 3. The van der Waals surface area contributed by atoms with Crippen LogP contribution in [0.3, 0.4) is 0 Å². The van der Waals surface area contributed by atoms with Gasteiger partial charge in [0, 0.05) is 47.9 Å². The Hall–Kier alpha value is -2.90. The zero-order chi connectivity index (χ0) is 23.3. The summed E-state index contributed by atoms with van der Waals surface area (Å²) in [7, 11) is 0. The van der Waals surface area contributed by atoms with Gasteiger partial charge in [0.25, 0.3) is 5.91 Å². The van der Waals surface area contributed by atoms with Gasteiger partial charge in [0.2, 0.25) is 0 Å². The van der Waals surface area contributed by atoms with Crippen LogP contribution in [-0.2, 0) is 14.3 Å². The number of benzene rings is 2. The zero-order valence-electron chi connectivity index (χ0n) is 17.3. The van der Waals surface area contributed by atoms with Gasteiger partial charge >= 0.3 is 5.97 Å². The predicted octanol–water partition coefficient (Wildman–Crippen LogP) is 4.24. The van der Waals surface area contributed by atoms with Crippen LogP contribution < -0.4 is 4.90 Å². The maximum absolute atomic E-state index is 14.3. The Kier molecular flexibility index (Phi) is 7.88. The highest BCUT2D eigenvalue weighted by Crippen LogP contribution is 2.23. The van der Waals surface area contributed by atoms with Crippen LogP contribution in [0, 0.1) is 5.82 Å². The number of Topliss-reactive ketones (excluding diaryl/α,β-unsaturated/α-hetero) is 1. The van der Waals surface area contributed by atoms with Crippen molar-refractivity contribution in [1.82, 2.24) is 4.90 Å². The van der Waals surface area contributed by atoms with Crippen molar-refractivity contribution in [1.29, 1.82) is 0 Å². The molecule has 0 bridgehead atoms. The largest absolute Gasteiger partial charge is 0.452 e. The molecule has 0 atom stereocenters. The zero-order valence-corrected chi connectivity index (χ0v) is 18.8. The van der Waals surface area contributed by atoms with Crippen LogP contribution in [0.25, 0.3) is 6.08 Å². The minimum absolute atomic E-state index is 0.202. The lowest BCUT2D eigenvalue weighted by Crippen LogP contribution is -2.50. The van der Waals surface area contributed by atoms with E-state index in [1.54, 1.807) is 35.2 Å². The molecule has 6 nitrogen and oxygen atoms in total. The van der Waals surface area contributed by atoms with E-state index in [1.165, 1.54) is 25.1 Å². The Morgan fingerprint density at radius 2 is 1.78 bits per heavy atom. The fourth-order valence-corrected chi connectivity index (χ4v) is 3.72. The molecule has 1 saturated heterocycles. The molecule has 1 aliphatic heterocycles. The normalized spacial score (nSPS) is 14.0. The molecule has 2 aromatic rings. The molecule has 0 radical (unpaired) electrons. The number of esters is 1. The topological polar surface area (TPSA) is 66.9 Å². The molecule has 0 spiro atoms. The van der Waals surface area contributed by atoms with Crippen molar-refractivity contribution in [3.8, 4) is 0 Å². The van der Waals surface area contributed by atoms with E-state index in [0.29, 0.717) is 53.0 Å². The van der Waals surface area contributed by atoms with Crippen LogP contribution in [-0.4, -0.2) is 55.3 Å². The minimum Gasteiger partial charge on any atom is -0.452 e. The number of anilines is 1. The van der Waals surface area contributed by atoms with E-state index in [9.17, 15) is 18.8 Å². The summed E-state index contributed by atoms with van der Waals surface area (Å²) in [6.45, 7) is 2.56. The fourth-order valence-electron chi connectivity index (χ4n) is 3.25. The summed E-state index contributed by atoms with van der Waals surface area (Å²) in [6, 6.07) is 9.24. The third kappa shape index (κ3) is 6.08. The van der Waals surface area contributed by atoms with Crippen molar-refractivity contribution in [2.24, 2.45) is 0 Å². The number of carbonyl (C=O) groups is 3. The van der Waals surface area contributed by atoms with Gasteiger partial charge in [-0.2, -0.15) is 0 Å². The second kappa shape index (κ2) is 10.6. The van der Waals surface area contributed by atoms with E-state index in [1.807, 2.05) is 4.90 Å². The molecule has 0 aromatic heterocycles. The van der Waals surface area contributed by atoms with Crippen LogP contribution in [0.4, 0.5) is 10.1 Å². The molecule has 0 saturated carbocycles. The molecule has 32 heavy (non-hydrogen) atoms. The van der Waals surface area contributed by atoms with E-state index in [4.69, 9.17) is 27.9 Å². The van der Waals surface area contributed by atoms with Gasteiger partial charge in [-0.05, 0) is 48.9 Å². The molecule has 0 N–H and O–H groups in total. The maximum Gasteiger partial charge on any atom is 0.331 e. The molecule has 1 amide bonds. The summed E-state index contributed by atoms with van der Waals surface area (Å²) < 4.78 is 19.4. The molecule has 2 aromatic carbocycles. The number of carbonyl (C=O) groups excluding carboxylic acids is 3. The molecule has 1 fully saturated rings. The Balaban J connectivity index is 1.48.